The number of carbonyl (C=O) groups is 1. The predicted molar refractivity (Wildman–Crippen MR) is 105 cm³/mol. The Morgan fingerprint density at radius 2 is 1.89 bits per heavy atom. The zero-order chi connectivity index (χ0) is 19.0. The van der Waals surface area contributed by atoms with Gasteiger partial charge in [-0.15, -0.1) is 11.3 Å². The van der Waals surface area contributed by atoms with Crippen LogP contribution in [0.5, 0.6) is 0 Å². The molecular weight excluding hydrogens is 362 g/mol. The fraction of sp³-hybridized carbons (Fsp3) is 0.100. The zero-order valence-electron chi connectivity index (χ0n) is 14.4. The molecule has 0 atom stereocenters. The van der Waals surface area contributed by atoms with Gasteiger partial charge in [-0.2, -0.15) is 0 Å². The summed E-state index contributed by atoms with van der Waals surface area (Å²) in [6.07, 6.45) is 3.19. The Bertz CT molecular complexity index is 1200. The van der Waals surface area contributed by atoms with E-state index in [0.29, 0.717) is 21.6 Å². The largest absolute Gasteiger partial charge is 0.480 e. The standard InChI is InChI=1S/C20H15N3O3S/c1-12-16(13-6-3-2-4-7-13)17-19(27-12)22-18(14-8-5-9-21-10-14)23(20(17)26)11-15(24)25/h2-10H,11H2,1H3,(H,24,25). The smallest absolute Gasteiger partial charge is 0.323 e. The van der Waals surface area contributed by atoms with E-state index in [1.165, 1.54) is 15.9 Å². The molecule has 1 N–H and O–H groups in total. The van der Waals surface area contributed by atoms with E-state index < -0.39 is 12.5 Å². The second-order valence-corrected chi connectivity index (χ2v) is 7.24. The van der Waals surface area contributed by atoms with E-state index in [1.807, 2.05) is 37.3 Å². The van der Waals surface area contributed by atoms with Crippen LogP contribution in [0.4, 0.5) is 0 Å². The van der Waals surface area contributed by atoms with Gasteiger partial charge in [-0.05, 0) is 24.6 Å². The molecule has 27 heavy (non-hydrogen) atoms. The molecule has 4 aromatic rings. The average molecular weight is 377 g/mol. The van der Waals surface area contributed by atoms with E-state index in [2.05, 4.69) is 9.97 Å². The molecule has 0 fully saturated rings. The van der Waals surface area contributed by atoms with Crippen LogP contribution in [0.1, 0.15) is 4.88 Å². The van der Waals surface area contributed by atoms with Gasteiger partial charge in [-0.3, -0.25) is 19.1 Å². The first-order valence-corrected chi connectivity index (χ1v) is 9.09. The van der Waals surface area contributed by atoms with Crippen molar-refractivity contribution < 1.29 is 9.90 Å². The van der Waals surface area contributed by atoms with Gasteiger partial charge in [0.15, 0.2) is 0 Å². The van der Waals surface area contributed by atoms with E-state index in [9.17, 15) is 14.7 Å². The maximum absolute atomic E-state index is 13.3. The maximum atomic E-state index is 13.3. The molecule has 0 aliphatic rings. The predicted octanol–water partition coefficient (Wildman–Crippen LogP) is 3.58. The lowest BCUT2D eigenvalue weighted by Gasteiger charge is -2.11. The van der Waals surface area contributed by atoms with Gasteiger partial charge in [0.05, 0.1) is 5.39 Å². The molecule has 3 aromatic heterocycles. The van der Waals surface area contributed by atoms with Gasteiger partial charge in [0.25, 0.3) is 5.56 Å². The molecule has 0 saturated heterocycles. The lowest BCUT2D eigenvalue weighted by Crippen LogP contribution is -2.26. The normalized spacial score (nSPS) is 11.0. The molecule has 0 aliphatic carbocycles. The second kappa shape index (κ2) is 6.77. The van der Waals surface area contributed by atoms with E-state index in [4.69, 9.17) is 0 Å². The molecule has 3 heterocycles. The van der Waals surface area contributed by atoms with Crippen LogP contribution in [0.25, 0.3) is 32.7 Å². The van der Waals surface area contributed by atoms with Gasteiger partial charge < -0.3 is 5.11 Å². The first kappa shape index (κ1) is 17.1. The number of fused-ring (bicyclic) bond motifs is 1. The Balaban J connectivity index is 2.08. The Labute approximate surface area is 158 Å². The van der Waals surface area contributed by atoms with Crippen LogP contribution < -0.4 is 5.56 Å². The van der Waals surface area contributed by atoms with Gasteiger partial charge in [0, 0.05) is 28.4 Å². The van der Waals surface area contributed by atoms with Gasteiger partial charge in [0.2, 0.25) is 0 Å². The molecule has 1 aromatic carbocycles. The number of benzene rings is 1. The van der Waals surface area contributed by atoms with Crippen LogP contribution in [-0.4, -0.2) is 25.6 Å². The van der Waals surface area contributed by atoms with Gasteiger partial charge in [-0.1, -0.05) is 30.3 Å². The average Bonchev–Trinajstić information content (AvgIpc) is 3.01. The summed E-state index contributed by atoms with van der Waals surface area (Å²) in [5.74, 6) is -0.791. The zero-order valence-corrected chi connectivity index (χ0v) is 15.2. The van der Waals surface area contributed by atoms with Crippen molar-refractivity contribution in [1.29, 1.82) is 0 Å². The van der Waals surface area contributed by atoms with E-state index >= 15 is 0 Å². The fourth-order valence-electron chi connectivity index (χ4n) is 3.14. The molecule has 0 amide bonds. The van der Waals surface area contributed by atoms with Crippen LogP contribution in [0.15, 0.2) is 59.7 Å². The SMILES string of the molecule is Cc1sc2nc(-c3cccnc3)n(CC(=O)O)c(=O)c2c1-c1ccccc1. The van der Waals surface area contributed by atoms with Crippen molar-refractivity contribution in [1.82, 2.24) is 14.5 Å². The van der Waals surface area contributed by atoms with E-state index in [1.54, 1.807) is 24.5 Å². The van der Waals surface area contributed by atoms with Gasteiger partial charge in [-0.25, -0.2) is 4.98 Å². The molecule has 0 radical (unpaired) electrons. The number of thiophene rings is 1. The number of hydrogen-bond donors (Lipinski definition) is 1. The molecule has 134 valence electrons. The van der Waals surface area contributed by atoms with Crippen molar-refractivity contribution in [2.24, 2.45) is 0 Å². The molecule has 7 heteroatoms. The highest BCUT2D eigenvalue weighted by molar-refractivity contribution is 7.19. The lowest BCUT2D eigenvalue weighted by atomic mass is 10.0. The fourth-order valence-corrected chi connectivity index (χ4v) is 4.18. The summed E-state index contributed by atoms with van der Waals surface area (Å²) in [5.41, 5.74) is 1.97. The number of carboxylic acid groups (broad SMARTS) is 1. The minimum absolute atomic E-state index is 0.309. The third kappa shape index (κ3) is 3.02. The summed E-state index contributed by atoms with van der Waals surface area (Å²) >= 11 is 1.43. The molecule has 0 spiro atoms. The highest BCUT2D eigenvalue weighted by Gasteiger charge is 2.21. The summed E-state index contributed by atoms with van der Waals surface area (Å²) in [4.78, 5) is 35.0. The van der Waals surface area contributed by atoms with Crippen molar-refractivity contribution in [2.75, 3.05) is 0 Å². The summed E-state index contributed by atoms with van der Waals surface area (Å²) in [5, 5.41) is 9.78. The number of carboxylic acids is 1. The Kier molecular flexibility index (Phi) is 4.29. The van der Waals surface area contributed by atoms with Crippen LogP contribution in [0, 0.1) is 6.92 Å². The highest BCUT2D eigenvalue weighted by atomic mass is 32.1. The van der Waals surface area contributed by atoms with Crippen molar-refractivity contribution in [2.45, 2.75) is 13.5 Å². The second-order valence-electron chi connectivity index (χ2n) is 6.04. The van der Waals surface area contributed by atoms with Crippen molar-refractivity contribution >= 4 is 27.5 Å². The minimum atomic E-state index is -1.10. The summed E-state index contributed by atoms with van der Waals surface area (Å²) in [7, 11) is 0. The number of aromatic nitrogens is 3. The van der Waals surface area contributed by atoms with Crippen LogP contribution in [0.2, 0.25) is 0 Å². The molecular formula is C20H15N3O3S. The monoisotopic (exact) mass is 377 g/mol. The molecule has 4 rings (SSSR count). The van der Waals surface area contributed by atoms with E-state index in [0.717, 1.165) is 16.0 Å². The highest BCUT2D eigenvalue weighted by Crippen LogP contribution is 2.36. The third-order valence-corrected chi connectivity index (χ3v) is 5.26. The first-order chi connectivity index (χ1) is 13.1. The number of rotatable bonds is 4. The summed E-state index contributed by atoms with van der Waals surface area (Å²) in [6, 6.07) is 13.1. The first-order valence-electron chi connectivity index (χ1n) is 8.28. The van der Waals surface area contributed by atoms with Crippen molar-refractivity contribution in [3.05, 3.63) is 70.1 Å². The molecule has 0 unspecified atom stereocenters. The number of aryl methyl sites for hydroxylation is 1. The molecule has 6 nitrogen and oxygen atoms in total. The number of nitrogens with zero attached hydrogens (tertiary/aromatic N) is 3. The van der Waals surface area contributed by atoms with Crippen LogP contribution >= 0.6 is 11.3 Å². The minimum Gasteiger partial charge on any atom is -0.480 e. The molecule has 0 aliphatic heterocycles. The Hall–Kier alpha value is -3.32. The van der Waals surface area contributed by atoms with E-state index in [-0.39, 0.29) is 5.56 Å². The number of aliphatic carboxylic acids is 1. The topological polar surface area (TPSA) is 85.1 Å². The van der Waals surface area contributed by atoms with Crippen LogP contribution in [-0.2, 0) is 11.3 Å². The third-order valence-electron chi connectivity index (χ3n) is 4.26. The quantitative estimate of drug-likeness (QED) is 0.588. The Morgan fingerprint density at radius 1 is 1.15 bits per heavy atom. The summed E-state index contributed by atoms with van der Waals surface area (Å²) < 4.78 is 1.21. The molecule has 0 bridgehead atoms. The maximum Gasteiger partial charge on any atom is 0.323 e. The number of pyridine rings is 1. The molecule has 0 saturated carbocycles. The lowest BCUT2D eigenvalue weighted by molar-refractivity contribution is -0.137. The van der Waals surface area contributed by atoms with Gasteiger partial charge >= 0.3 is 5.97 Å². The Morgan fingerprint density at radius 3 is 2.56 bits per heavy atom. The van der Waals surface area contributed by atoms with Gasteiger partial charge in [0.1, 0.15) is 17.2 Å². The van der Waals surface area contributed by atoms with Crippen molar-refractivity contribution in [3.63, 3.8) is 0 Å². The summed E-state index contributed by atoms with van der Waals surface area (Å²) in [6.45, 7) is 1.48. The van der Waals surface area contributed by atoms with Crippen LogP contribution in [0.3, 0.4) is 0 Å². The van der Waals surface area contributed by atoms with Crippen molar-refractivity contribution in [3.8, 4) is 22.5 Å². The number of hydrogen-bond acceptors (Lipinski definition) is 5.